The molecule has 3 aromatic heterocycles. The number of ether oxygens (including phenoxy) is 3. The van der Waals surface area contributed by atoms with Crippen LogP contribution in [0.3, 0.4) is 0 Å². The van der Waals surface area contributed by atoms with Gasteiger partial charge in [0.05, 0.1) is 44.4 Å². The number of unbranched alkanes of at least 4 members (excludes halogenated alkanes) is 1. The third-order valence-corrected chi connectivity index (χ3v) is 9.44. The molecular formula is C36H58N18O5. The number of nitrogens with two attached hydrogens (primary N) is 3. The van der Waals surface area contributed by atoms with E-state index >= 15 is 0 Å². The molecule has 0 atom stereocenters. The fourth-order valence-corrected chi connectivity index (χ4v) is 6.29. The Morgan fingerprint density at radius 2 is 1.25 bits per heavy atom. The molecule has 2 aliphatic rings. The second-order valence-electron chi connectivity index (χ2n) is 13.9. The molecule has 5 heterocycles. The Labute approximate surface area is 344 Å². The summed E-state index contributed by atoms with van der Waals surface area (Å²) in [4.78, 5) is 52.5. The molecule has 0 aromatic carbocycles. The van der Waals surface area contributed by atoms with Crippen molar-refractivity contribution in [1.29, 1.82) is 0 Å². The number of amides is 2. The molecule has 2 fully saturated rings. The van der Waals surface area contributed by atoms with Crippen molar-refractivity contribution in [3.8, 4) is 12.3 Å². The van der Waals surface area contributed by atoms with Crippen LogP contribution >= 0.6 is 0 Å². The van der Waals surface area contributed by atoms with Crippen LogP contribution in [-0.4, -0.2) is 184 Å². The van der Waals surface area contributed by atoms with E-state index in [0.29, 0.717) is 129 Å². The fourth-order valence-electron chi connectivity index (χ4n) is 6.29. The second-order valence-corrected chi connectivity index (χ2v) is 13.9. The van der Waals surface area contributed by atoms with Crippen molar-refractivity contribution in [2.75, 3.05) is 127 Å². The van der Waals surface area contributed by atoms with Crippen LogP contribution in [-0.2, 0) is 49.7 Å². The summed E-state index contributed by atoms with van der Waals surface area (Å²) < 4.78 is 19.6. The molecular weight excluding hydrogens is 765 g/mol. The summed E-state index contributed by atoms with van der Waals surface area (Å²) in [5.74, 6) is 3.80. The highest BCUT2D eigenvalue weighted by Gasteiger charge is 2.27. The van der Waals surface area contributed by atoms with Crippen LogP contribution in [0.1, 0.15) is 30.7 Å². The first-order chi connectivity index (χ1) is 28.8. The summed E-state index contributed by atoms with van der Waals surface area (Å²) in [6, 6.07) is 0. The second kappa shape index (κ2) is 24.3. The number of nitrogens with one attached hydrogen (secondary N) is 1. The number of carbonyl (C=O) groups is 2. The number of terminal acetylenes is 1. The Morgan fingerprint density at radius 3 is 1.78 bits per heavy atom. The zero-order valence-electron chi connectivity index (χ0n) is 33.7. The van der Waals surface area contributed by atoms with Crippen LogP contribution in [0.25, 0.3) is 0 Å². The van der Waals surface area contributed by atoms with Crippen LogP contribution in [0.4, 0.5) is 17.8 Å². The molecule has 0 bridgehead atoms. The monoisotopic (exact) mass is 822 g/mol. The van der Waals surface area contributed by atoms with Gasteiger partial charge in [0.25, 0.3) is 0 Å². The van der Waals surface area contributed by atoms with Crippen LogP contribution in [0.2, 0.25) is 0 Å². The Bertz CT molecular complexity index is 1790. The summed E-state index contributed by atoms with van der Waals surface area (Å²) in [6.45, 7) is 8.27. The zero-order chi connectivity index (χ0) is 41.7. The Kier molecular flexibility index (Phi) is 18.3. The maximum atomic E-state index is 13.2. The molecule has 0 radical (unpaired) electrons. The number of aliphatic imine (C=N–C) groups is 1. The summed E-state index contributed by atoms with van der Waals surface area (Å²) in [5.41, 5.74) is 18.0. The molecule has 322 valence electrons. The fraction of sp³-hybridized carbons (Fsp3) is 0.667. The van der Waals surface area contributed by atoms with Gasteiger partial charge in [0.1, 0.15) is 19.7 Å². The van der Waals surface area contributed by atoms with E-state index in [-0.39, 0.29) is 37.5 Å². The third-order valence-electron chi connectivity index (χ3n) is 9.44. The molecule has 2 aliphatic heterocycles. The molecule has 0 aliphatic carbocycles. The first-order valence-electron chi connectivity index (χ1n) is 20.1. The van der Waals surface area contributed by atoms with Gasteiger partial charge in [0.2, 0.25) is 29.7 Å². The molecule has 7 N–H and O–H groups in total. The molecule has 2 saturated heterocycles. The lowest BCUT2D eigenvalue weighted by atomic mass is 10.2. The summed E-state index contributed by atoms with van der Waals surface area (Å²) in [7, 11) is 0. The average molecular weight is 823 g/mol. The highest BCUT2D eigenvalue weighted by Crippen LogP contribution is 2.20. The predicted octanol–water partition coefficient (Wildman–Crippen LogP) is -2.67. The number of nitrogens with zero attached hydrogens (tertiary/aromatic N) is 14. The number of hydrogen-bond donors (Lipinski definition) is 4. The molecule has 23 heteroatoms. The van der Waals surface area contributed by atoms with Crippen LogP contribution < -0.4 is 32.3 Å². The highest BCUT2D eigenvalue weighted by molar-refractivity contribution is 5.77. The van der Waals surface area contributed by atoms with E-state index in [1.165, 1.54) is 0 Å². The van der Waals surface area contributed by atoms with Crippen molar-refractivity contribution in [3.63, 3.8) is 0 Å². The van der Waals surface area contributed by atoms with Gasteiger partial charge in [-0.2, -0.15) is 15.0 Å². The van der Waals surface area contributed by atoms with Crippen molar-refractivity contribution in [1.82, 2.24) is 54.7 Å². The van der Waals surface area contributed by atoms with Gasteiger partial charge in [-0.05, 0) is 38.6 Å². The largest absolute Gasteiger partial charge is 0.377 e. The topological polar surface area (TPSA) is 277 Å². The van der Waals surface area contributed by atoms with Gasteiger partial charge < -0.3 is 56.3 Å². The quantitative estimate of drug-likeness (QED) is 0.0294. The Hall–Kier alpha value is -5.70. The number of guanidine groups is 1. The molecule has 3 aromatic rings. The number of hydrogen-bond acceptors (Lipinski definition) is 17. The lowest BCUT2D eigenvalue weighted by molar-refractivity contribution is -0.133. The minimum atomic E-state index is -0.0536. The first kappa shape index (κ1) is 44.4. The van der Waals surface area contributed by atoms with Crippen LogP contribution in [0, 0.1) is 12.3 Å². The number of carbonyl (C=O) groups excluding carboxylic acids is 2. The van der Waals surface area contributed by atoms with Gasteiger partial charge in [-0.15, -0.1) is 16.6 Å². The van der Waals surface area contributed by atoms with E-state index in [1.54, 1.807) is 15.6 Å². The maximum Gasteiger partial charge on any atom is 0.244 e. The van der Waals surface area contributed by atoms with Gasteiger partial charge in [-0.1, -0.05) is 16.3 Å². The summed E-state index contributed by atoms with van der Waals surface area (Å²) in [5, 5.41) is 19.9. The third kappa shape index (κ3) is 15.2. The normalized spacial score (nSPS) is 14.4. The van der Waals surface area contributed by atoms with Gasteiger partial charge in [-0.25, -0.2) is 9.36 Å². The van der Waals surface area contributed by atoms with Crippen LogP contribution in [0.5, 0.6) is 0 Å². The average Bonchev–Trinajstić information content (AvgIpc) is 3.90. The predicted molar refractivity (Wildman–Crippen MR) is 218 cm³/mol. The summed E-state index contributed by atoms with van der Waals surface area (Å²) in [6.07, 6.45) is 12.8. The van der Waals surface area contributed by atoms with Gasteiger partial charge in [0.15, 0.2) is 5.96 Å². The van der Waals surface area contributed by atoms with E-state index in [9.17, 15) is 9.59 Å². The molecule has 2 amide bonds. The first-order valence-corrected chi connectivity index (χ1v) is 20.1. The molecule has 23 nitrogen and oxygen atoms in total. The minimum Gasteiger partial charge on any atom is -0.377 e. The number of piperazine rings is 2. The van der Waals surface area contributed by atoms with E-state index in [0.717, 1.165) is 37.1 Å². The molecule has 0 spiro atoms. The summed E-state index contributed by atoms with van der Waals surface area (Å²) >= 11 is 0. The van der Waals surface area contributed by atoms with Crippen LogP contribution in [0.15, 0.2) is 17.4 Å². The van der Waals surface area contributed by atoms with E-state index < -0.39 is 0 Å². The SMILES string of the molecule is C#CCOCCOCCOCCNc1nc(N2CCN(C(=O)Cn3cc(CCCCN)nn3)CC2)nc(N2CCN(C(=O)Cn3cc(CCCN=C(N)N)nn3)CC2)n1. The van der Waals surface area contributed by atoms with E-state index in [4.69, 9.17) is 52.8 Å². The lowest BCUT2D eigenvalue weighted by Gasteiger charge is -2.36. The highest BCUT2D eigenvalue weighted by atomic mass is 16.5. The smallest absolute Gasteiger partial charge is 0.244 e. The van der Waals surface area contributed by atoms with Crippen molar-refractivity contribution < 1.29 is 23.8 Å². The number of rotatable bonds is 25. The molecule has 0 saturated carbocycles. The van der Waals surface area contributed by atoms with E-state index in [1.807, 2.05) is 20.9 Å². The number of anilines is 3. The minimum absolute atomic E-state index is 0.0272. The molecule has 0 unspecified atom stereocenters. The molecule has 59 heavy (non-hydrogen) atoms. The van der Waals surface area contributed by atoms with Gasteiger partial charge in [0, 0.05) is 77.8 Å². The maximum absolute atomic E-state index is 13.2. The Morgan fingerprint density at radius 1 is 0.729 bits per heavy atom. The van der Waals surface area contributed by atoms with Crippen molar-refractivity contribution >= 4 is 35.6 Å². The van der Waals surface area contributed by atoms with Gasteiger partial charge in [-0.3, -0.25) is 14.6 Å². The lowest BCUT2D eigenvalue weighted by Crippen LogP contribution is -2.51. The molecule has 5 rings (SSSR count). The van der Waals surface area contributed by atoms with Crippen molar-refractivity contribution in [2.24, 2.45) is 22.2 Å². The van der Waals surface area contributed by atoms with Crippen molar-refractivity contribution in [3.05, 3.63) is 23.8 Å². The number of aryl methyl sites for hydroxylation is 2. The number of aromatic nitrogens is 9. The van der Waals surface area contributed by atoms with Gasteiger partial charge >= 0.3 is 0 Å². The zero-order valence-corrected chi connectivity index (χ0v) is 33.7. The standard InChI is InChI=1S/C36H58N18O5/c1-2-19-57-21-23-59-24-22-58-20-10-41-34-42-35(51-15-11-49(12-16-51)31(55)27-53-25-29(45-47-53)6-3-4-8-37)44-36(43-34)52-17-13-50(14-18-52)32(56)28-54-26-30(46-48-54)7-5-9-40-33(38)39/h1,25-26H,3-24,27-28,37H2,(H4,38,39,40)(H,41,42,43,44). The Balaban J connectivity index is 1.13. The van der Waals surface area contributed by atoms with Crippen molar-refractivity contribution in [2.45, 2.75) is 45.2 Å². The van der Waals surface area contributed by atoms with E-state index in [2.05, 4.69) is 41.8 Å².